The van der Waals surface area contributed by atoms with Crippen molar-refractivity contribution in [1.82, 2.24) is 14.3 Å². The molecule has 1 unspecified atom stereocenters. The summed E-state index contributed by atoms with van der Waals surface area (Å²) in [4.78, 5) is 24.9. The lowest BCUT2D eigenvalue weighted by Crippen LogP contribution is -2.46. The second kappa shape index (κ2) is 10.3. The lowest BCUT2D eigenvalue weighted by molar-refractivity contribution is -0.123. The number of aromatic nitrogens is 2. The highest BCUT2D eigenvalue weighted by molar-refractivity contribution is 7.89. The van der Waals surface area contributed by atoms with Crippen molar-refractivity contribution in [1.29, 1.82) is 0 Å². The van der Waals surface area contributed by atoms with E-state index in [0.29, 0.717) is 35.1 Å². The van der Waals surface area contributed by atoms with Gasteiger partial charge in [0.2, 0.25) is 15.9 Å². The Morgan fingerprint density at radius 1 is 1.14 bits per heavy atom. The van der Waals surface area contributed by atoms with Crippen LogP contribution in [0.1, 0.15) is 24.1 Å². The van der Waals surface area contributed by atoms with Gasteiger partial charge in [-0.05, 0) is 56.2 Å². The van der Waals surface area contributed by atoms with Gasteiger partial charge in [-0.2, -0.15) is 4.31 Å². The maximum atomic E-state index is 13.9. The standard InChI is InChI=1S/C26H25ClN4O3S2/c1-18-10-12-21(13-11-18)36(33,34)30-15-5-6-19(16-30)25(32)31(17-20-7-2-3-14-28-20)26-29-24-22(27)8-4-9-23(24)35-26/h2-4,7-14,19H,5-6,15-17H2,1H3. The summed E-state index contributed by atoms with van der Waals surface area (Å²) in [5, 5.41) is 1.04. The number of nitrogens with zero attached hydrogens (tertiary/aromatic N) is 4. The molecule has 1 aliphatic rings. The number of hydrogen-bond donors (Lipinski definition) is 0. The lowest BCUT2D eigenvalue weighted by atomic mass is 9.98. The van der Waals surface area contributed by atoms with Crippen molar-refractivity contribution < 1.29 is 13.2 Å². The van der Waals surface area contributed by atoms with Crippen LogP contribution in [0.15, 0.2) is 71.8 Å². The van der Waals surface area contributed by atoms with Gasteiger partial charge in [0.05, 0.1) is 32.8 Å². The van der Waals surface area contributed by atoms with Gasteiger partial charge in [0.15, 0.2) is 5.13 Å². The van der Waals surface area contributed by atoms with E-state index >= 15 is 0 Å². The molecule has 0 saturated carbocycles. The maximum absolute atomic E-state index is 13.9. The predicted octanol–water partition coefficient (Wildman–Crippen LogP) is 5.29. The SMILES string of the molecule is Cc1ccc(S(=O)(=O)N2CCCC(C(=O)N(Cc3ccccn3)c3nc4c(Cl)cccc4s3)C2)cc1. The smallest absolute Gasteiger partial charge is 0.243 e. The summed E-state index contributed by atoms with van der Waals surface area (Å²) in [7, 11) is -3.70. The van der Waals surface area contributed by atoms with Gasteiger partial charge in [-0.15, -0.1) is 0 Å². The zero-order valence-corrected chi connectivity index (χ0v) is 22.1. The molecule has 5 rings (SSSR count). The minimum absolute atomic E-state index is 0.124. The fourth-order valence-corrected chi connectivity index (χ4v) is 7.15. The summed E-state index contributed by atoms with van der Waals surface area (Å²) < 4.78 is 28.9. The molecule has 7 nitrogen and oxygen atoms in total. The molecule has 4 aromatic rings. The molecule has 2 aromatic carbocycles. The van der Waals surface area contributed by atoms with Crippen LogP contribution in [-0.2, 0) is 21.4 Å². The number of anilines is 1. The molecule has 36 heavy (non-hydrogen) atoms. The van der Waals surface area contributed by atoms with Crippen LogP contribution in [-0.4, -0.2) is 41.7 Å². The first-order chi connectivity index (χ1) is 17.3. The fourth-order valence-electron chi connectivity index (χ4n) is 4.35. The van der Waals surface area contributed by atoms with Gasteiger partial charge in [-0.1, -0.05) is 52.8 Å². The van der Waals surface area contributed by atoms with Crippen molar-refractivity contribution >= 4 is 54.2 Å². The first kappa shape index (κ1) is 24.8. The van der Waals surface area contributed by atoms with E-state index in [4.69, 9.17) is 11.6 Å². The monoisotopic (exact) mass is 540 g/mol. The summed E-state index contributed by atoms with van der Waals surface area (Å²) in [6, 6.07) is 17.9. The molecular formula is C26H25ClN4O3S2. The van der Waals surface area contributed by atoms with Gasteiger partial charge in [-0.25, -0.2) is 13.4 Å². The molecule has 0 spiro atoms. The van der Waals surface area contributed by atoms with E-state index in [1.807, 2.05) is 37.3 Å². The number of amides is 1. The quantitative estimate of drug-likeness (QED) is 0.332. The van der Waals surface area contributed by atoms with Gasteiger partial charge < -0.3 is 0 Å². The number of benzene rings is 2. The van der Waals surface area contributed by atoms with Crippen LogP contribution in [0.4, 0.5) is 5.13 Å². The van der Waals surface area contributed by atoms with E-state index in [9.17, 15) is 13.2 Å². The van der Waals surface area contributed by atoms with Crippen molar-refractivity contribution in [3.63, 3.8) is 0 Å². The van der Waals surface area contributed by atoms with Crippen LogP contribution < -0.4 is 4.90 Å². The van der Waals surface area contributed by atoms with Crippen molar-refractivity contribution in [2.75, 3.05) is 18.0 Å². The first-order valence-electron chi connectivity index (χ1n) is 11.7. The minimum Gasteiger partial charge on any atom is -0.282 e. The molecule has 2 aromatic heterocycles. The highest BCUT2D eigenvalue weighted by Gasteiger charge is 2.36. The van der Waals surface area contributed by atoms with Crippen LogP contribution in [0.3, 0.4) is 0 Å². The average molecular weight is 541 g/mol. The number of carbonyl (C=O) groups excluding carboxylic acids is 1. The highest BCUT2D eigenvalue weighted by Crippen LogP contribution is 2.35. The second-order valence-electron chi connectivity index (χ2n) is 8.84. The molecule has 0 N–H and O–H groups in total. The van der Waals surface area contributed by atoms with Gasteiger partial charge in [0.1, 0.15) is 5.52 Å². The molecule has 0 bridgehead atoms. The van der Waals surface area contributed by atoms with E-state index in [2.05, 4.69) is 9.97 Å². The van der Waals surface area contributed by atoms with Gasteiger partial charge in [0.25, 0.3) is 0 Å². The third kappa shape index (κ3) is 5.01. The summed E-state index contributed by atoms with van der Waals surface area (Å²) in [5.41, 5.74) is 2.35. The molecular weight excluding hydrogens is 516 g/mol. The third-order valence-electron chi connectivity index (χ3n) is 6.29. The number of rotatable bonds is 6. The van der Waals surface area contributed by atoms with Crippen LogP contribution in [0.25, 0.3) is 10.2 Å². The molecule has 1 saturated heterocycles. The van der Waals surface area contributed by atoms with Crippen LogP contribution in [0.5, 0.6) is 0 Å². The molecule has 0 radical (unpaired) electrons. The van der Waals surface area contributed by atoms with E-state index < -0.39 is 15.9 Å². The molecule has 1 aliphatic heterocycles. The number of aryl methyl sites for hydroxylation is 1. The molecule has 0 aliphatic carbocycles. The fraction of sp³-hybridized carbons (Fsp3) is 0.269. The number of para-hydroxylation sites is 1. The number of pyridine rings is 1. The van der Waals surface area contributed by atoms with E-state index in [0.717, 1.165) is 16.0 Å². The van der Waals surface area contributed by atoms with Crippen molar-refractivity contribution in [3.8, 4) is 0 Å². The van der Waals surface area contributed by atoms with Gasteiger partial charge in [-0.3, -0.25) is 14.7 Å². The number of halogens is 1. The highest BCUT2D eigenvalue weighted by atomic mass is 35.5. The van der Waals surface area contributed by atoms with E-state index in [-0.39, 0.29) is 23.9 Å². The van der Waals surface area contributed by atoms with Crippen LogP contribution in [0, 0.1) is 12.8 Å². The summed E-state index contributed by atoms with van der Waals surface area (Å²) in [6.45, 7) is 2.66. The molecule has 1 amide bonds. The van der Waals surface area contributed by atoms with Gasteiger partial charge >= 0.3 is 0 Å². The number of hydrogen-bond acceptors (Lipinski definition) is 6. The molecule has 3 heterocycles. The Balaban J connectivity index is 1.45. The van der Waals surface area contributed by atoms with Crippen LogP contribution in [0.2, 0.25) is 5.02 Å². The number of thiazole rings is 1. The topological polar surface area (TPSA) is 83.5 Å². The molecule has 1 atom stereocenters. The number of fused-ring (bicyclic) bond motifs is 1. The second-order valence-corrected chi connectivity index (χ2v) is 12.2. The first-order valence-corrected chi connectivity index (χ1v) is 14.3. The maximum Gasteiger partial charge on any atom is 0.243 e. The third-order valence-corrected chi connectivity index (χ3v) is 9.52. The largest absolute Gasteiger partial charge is 0.282 e. The summed E-state index contributed by atoms with van der Waals surface area (Å²) >= 11 is 7.74. The van der Waals surface area contributed by atoms with Crippen molar-refractivity contribution in [2.24, 2.45) is 5.92 Å². The Bertz CT molecular complexity index is 1490. The van der Waals surface area contributed by atoms with Crippen LogP contribution >= 0.6 is 22.9 Å². The minimum atomic E-state index is -3.70. The van der Waals surface area contributed by atoms with Gasteiger partial charge in [0, 0.05) is 19.3 Å². The Hall–Kier alpha value is -2.85. The molecule has 10 heteroatoms. The Labute approximate surface area is 219 Å². The Morgan fingerprint density at radius 2 is 1.94 bits per heavy atom. The predicted molar refractivity (Wildman–Crippen MR) is 143 cm³/mol. The summed E-state index contributed by atoms with van der Waals surface area (Å²) in [5.74, 6) is -0.662. The van der Waals surface area contributed by atoms with E-state index in [1.54, 1.807) is 41.4 Å². The number of sulfonamides is 1. The van der Waals surface area contributed by atoms with Crippen molar-refractivity contribution in [3.05, 3.63) is 83.1 Å². The van der Waals surface area contributed by atoms with Crippen molar-refractivity contribution in [2.45, 2.75) is 31.2 Å². The Morgan fingerprint density at radius 3 is 2.67 bits per heavy atom. The zero-order chi connectivity index (χ0) is 25.3. The zero-order valence-electron chi connectivity index (χ0n) is 19.7. The molecule has 1 fully saturated rings. The number of piperidine rings is 1. The Kier molecular flexibility index (Phi) is 7.07. The lowest BCUT2D eigenvalue weighted by Gasteiger charge is -2.33. The number of carbonyl (C=O) groups is 1. The summed E-state index contributed by atoms with van der Waals surface area (Å²) in [6.07, 6.45) is 2.89. The average Bonchev–Trinajstić information content (AvgIpc) is 3.33. The normalized spacial score (nSPS) is 16.8. The molecule has 186 valence electrons. The van der Waals surface area contributed by atoms with E-state index in [1.165, 1.54) is 15.6 Å².